The minimum atomic E-state index is 0.612. The average Bonchev–Trinajstić information content (AvgIpc) is 3.46. The molecule has 0 saturated heterocycles. The quantitative estimate of drug-likeness (QED) is 0.505. The van der Waals surface area contributed by atoms with Gasteiger partial charge in [0.15, 0.2) is 0 Å². The van der Waals surface area contributed by atoms with Crippen LogP contribution in [0.1, 0.15) is 11.1 Å². The molecule has 0 fully saturated rings. The van der Waals surface area contributed by atoms with Crippen LogP contribution >= 0.6 is 0 Å². The number of nitrogens with one attached hydrogen (secondary N) is 1. The van der Waals surface area contributed by atoms with Gasteiger partial charge in [-0.05, 0) is 42.7 Å². The van der Waals surface area contributed by atoms with Gasteiger partial charge in [-0.3, -0.25) is 4.57 Å². The smallest absolute Gasteiger partial charge is 0.238 e. The Balaban J connectivity index is 1.63. The maximum absolute atomic E-state index is 4.97. The maximum Gasteiger partial charge on any atom is 0.238 e. The molecule has 0 bridgehead atoms. The highest BCUT2D eigenvalue weighted by Gasteiger charge is 2.18. The van der Waals surface area contributed by atoms with Crippen molar-refractivity contribution in [2.24, 2.45) is 7.05 Å². The molecule has 5 aromatic rings. The first-order chi connectivity index (χ1) is 14.2. The Labute approximate surface area is 167 Å². The fourth-order valence-electron chi connectivity index (χ4n) is 4.10. The zero-order chi connectivity index (χ0) is 19.5. The summed E-state index contributed by atoms with van der Waals surface area (Å²) in [5.41, 5.74) is 7.12. The molecule has 1 aliphatic rings. The third-order valence-corrected chi connectivity index (χ3v) is 5.63. The fourth-order valence-corrected chi connectivity index (χ4v) is 4.10. The molecule has 0 spiro atoms. The number of aryl methyl sites for hydroxylation is 2. The summed E-state index contributed by atoms with van der Waals surface area (Å²) in [4.78, 5) is 19.0. The van der Waals surface area contributed by atoms with Crippen LogP contribution < -0.4 is 5.32 Å². The Kier molecular flexibility index (Phi) is 3.29. The molecule has 0 aliphatic carbocycles. The predicted molar refractivity (Wildman–Crippen MR) is 113 cm³/mol. The van der Waals surface area contributed by atoms with Gasteiger partial charge in [-0.25, -0.2) is 15.0 Å². The van der Waals surface area contributed by atoms with Gasteiger partial charge in [-0.1, -0.05) is 12.1 Å². The molecule has 142 valence electrons. The Morgan fingerprint density at radius 1 is 1.10 bits per heavy atom. The van der Waals surface area contributed by atoms with E-state index in [4.69, 9.17) is 9.97 Å². The lowest BCUT2D eigenvalue weighted by Crippen LogP contribution is -2.04. The van der Waals surface area contributed by atoms with Crippen molar-refractivity contribution in [2.75, 3.05) is 11.9 Å². The van der Waals surface area contributed by atoms with Crippen LogP contribution in [0.2, 0.25) is 0 Å². The van der Waals surface area contributed by atoms with Crippen molar-refractivity contribution in [1.29, 1.82) is 0 Å². The van der Waals surface area contributed by atoms with Gasteiger partial charge in [-0.15, -0.1) is 0 Å². The molecule has 0 atom stereocenters. The zero-order valence-electron chi connectivity index (χ0n) is 16.2. The molecule has 4 aromatic heterocycles. The highest BCUT2D eigenvalue weighted by atomic mass is 15.2. The second-order valence-corrected chi connectivity index (χ2v) is 7.50. The first-order valence-corrected chi connectivity index (χ1v) is 9.68. The third kappa shape index (κ3) is 2.37. The number of imidazole rings is 1. The Morgan fingerprint density at radius 2 is 2.03 bits per heavy atom. The number of anilines is 1. The molecule has 6 rings (SSSR count). The Hall–Kier alpha value is -3.74. The van der Waals surface area contributed by atoms with E-state index in [1.54, 1.807) is 6.33 Å². The minimum absolute atomic E-state index is 0.612. The van der Waals surface area contributed by atoms with E-state index in [1.165, 1.54) is 5.56 Å². The van der Waals surface area contributed by atoms with Crippen molar-refractivity contribution in [2.45, 2.75) is 13.3 Å². The van der Waals surface area contributed by atoms with E-state index < -0.39 is 0 Å². The van der Waals surface area contributed by atoms with Gasteiger partial charge in [0.1, 0.15) is 17.8 Å². The molecule has 0 radical (unpaired) electrons. The van der Waals surface area contributed by atoms with E-state index in [2.05, 4.69) is 46.5 Å². The first kappa shape index (κ1) is 16.2. The lowest BCUT2D eigenvalue weighted by Gasteiger charge is -2.10. The van der Waals surface area contributed by atoms with Crippen LogP contribution in [0.4, 0.5) is 5.82 Å². The number of aromatic nitrogens is 6. The standard InChI is InChI=1S/C22H19N7/c1-13-4-3-5-17-18(13)25-12-29(17)22-26-19(16-7-9-28(2)21(16)27-22)15-10-14-6-8-23-20(14)24-11-15/h3-5,7,9-12H,6,8H2,1-2H3,(H,23,24). The highest BCUT2D eigenvalue weighted by Crippen LogP contribution is 2.31. The summed E-state index contributed by atoms with van der Waals surface area (Å²) >= 11 is 0. The number of benzene rings is 1. The van der Waals surface area contributed by atoms with Crippen LogP contribution in [0.5, 0.6) is 0 Å². The number of fused-ring (bicyclic) bond motifs is 3. The summed E-state index contributed by atoms with van der Waals surface area (Å²) in [5, 5.41) is 4.34. The Morgan fingerprint density at radius 3 is 2.97 bits per heavy atom. The van der Waals surface area contributed by atoms with E-state index in [9.17, 15) is 0 Å². The summed E-state index contributed by atoms with van der Waals surface area (Å²) < 4.78 is 3.98. The molecule has 29 heavy (non-hydrogen) atoms. The molecule has 0 saturated carbocycles. The Bertz CT molecular complexity index is 1410. The second kappa shape index (κ2) is 5.88. The van der Waals surface area contributed by atoms with Crippen LogP contribution in [0.15, 0.2) is 49.1 Å². The predicted octanol–water partition coefficient (Wildman–Crippen LogP) is 3.65. The van der Waals surface area contributed by atoms with E-state index >= 15 is 0 Å². The number of nitrogens with zero attached hydrogens (tertiary/aromatic N) is 6. The molecular weight excluding hydrogens is 362 g/mol. The summed E-state index contributed by atoms with van der Waals surface area (Å²) in [7, 11) is 2.00. The summed E-state index contributed by atoms with van der Waals surface area (Å²) in [6.07, 6.45) is 6.70. The number of pyridine rings is 1. The van der Waals surface area contributed by atoms with Crippen LogP contribution in [0, 0.1) is 6.92 Å². The largest absolute Gasteiger partial charge is 0.370 e. The van der Waals surface area contributed by atoms with Gasteiger partial charge in [0.25, 0.3) is 0 Å². The molecule has 1 aliphatic heterocycles. The van der Waals surface area contributed by atoms with Gasteiger partial charge in [0.05, 0.1) is 16.7 Å². The van der Waals surface area contributed by atoms with Crippen molar-refractivity contribution in [3.63, 3.8) is 0 Å². The summed E-state index contributed by atoms with van der Waals surface area (Å²) in [6.45, 7) is 3.00. The molecular formula is C22H19N7. The van der Waals surface area contributed by atoms with Crippen LogP contribution in [-0.2, 0) is 13.5 Å². The fraction of sp³-hybridized carbons (Fsp3) is 0.182. The van der Waals surface area contributed by atoms with E-state index in [1.807, 2.05) is 34.6 Å². The van der Waals surface area contributed by atoms with Crippen LogP contribution in [-0.4, -0.2) is 35.6 Å². The van der Waals surface area contributed by atoms with Gasteiger partial charge >= 0.3 is 0 Å². The second-order valence-electron chi connectivity index (χ2n) is 7.50. The van der Waals surface area contributed by atoms with Crippen LogP contribution in [0.25, 0.3) is 39.3 Å². The monoisotopic (exact) mass is 381 g/mol. The minimum Gasteiger partial charge on any atom is -0.370 e. The van der Waals surface area contributed by atoms with Gasteiger partial charge < -0.3 is 9.88 Å². The van der Waals surface area contributed by atoms with Crippen molar-refractivity contribution in [1.82, 2.24) is 29.1 Å². The third-order valence-electron chi connectivity index (χ3n) is 5.63. The molecule has 1 N–H and O–H groups in total. The average molecular weight is 381 g/mol. The molecule has 7 heteroatoms. The number of hydrogen-bond donors (Lipinski definition) is 1. The van der Waals surface area contributed by atoms with Crippen molar-refractivity contribution >= 4 is 27.9 Å². The van der Waals surface area contributed by atoms with Crippen LogP contribution in [0.3, 0.4) is 0 Å². The van der Waals surface area contributed by atoms with Crippen molar-refractivity contribution < 1.29 is 0 Å². The topological polar surface area (TPSA) is 73.5 Å². The van der Waals surface area contributed by atoms with Gasteiger partial charge in [-0.2, -0.15) is 4.98 Å². The number of rotatable bonds is 2. The number of para-hydroxylation sites is 1. The van der Waals surface area contributed by atoms with E-state index in [0.717, 1.165) is 57.7 Å². The van der Waals surface area contributed by atoms with Crippen molar-refractivity contribution in [3.05, 3.63) is 60.2 Å². The van der Waals surface area contributed by atoms with Gasteiger partial charge in [0, 0.05) is 36.9 Å². The molecule has 0 amide bonds. The van der Waals surface area contributed by atoms with Gasteiger partial charge in [0.2, 0.25) is 5.95 Å². The zero-order valence-corrected chi connectivity index (χ0v) is 16.2. The van der Waals surface area contributed by atoms with E-state index in [0.29, 0.717) is 5.95 Å². The molecule has 1 aromatic carbocycles. The molecule has 7 nitrogen and oxygen atoms in total. The van der Waals surface area contributed by atoms with Crippen molar-refractivity contribution in [3.8, 4) is 17.2 Å². The SMILES string of the molecule is Cc1cccc2c1ncn2-c1nc(-c2cnc3c(c2)CCN3)c2ccn(C)c2n1. The maximum atomic E-state index is 4.97. The molecule has 0 unspecified atom stereocenters. The lowest BCUT2D eigenvalue weighted by atomic mass is 10.1. The normalized spacial score (nSPS) is 13.2. The highest BCUT2D eigenvalue weighted by molar-refractivity contribution is 5.92. The lowest BCUT2D eigenvalue weighted by molar-refractivity contribution is 0.912. The first-order valence-electron chi connectivity index (χ1n) is 9.68. The summed E-state index contributed by atoms with van der Waals surface area (Å²) in [6, 6.07) is 10.4. The summed E-state index contributed by atoms with van der Waals surface area (Å²) in [5.74, 6) is 1.59. The van der Waals surface area contributed by atoms with E-state index in [-0.39, 0.29) is 0 Å². The number of hydrogen-bond acceptors (Lipinski definition) is 5. The molecule has 5 heterocycles.